The minimum atomic E-state index is -0.637. The Morgan fingerprint density at radius 3 is 2.21 bits per heavy atom. The molecule has 0 fully saturated rings. The predicted molar refractivity (Wildman–Crippen MR) is 167 cm³/mol. The Labute approximate surface area is 249 Å². The molecule has 0 saturated carbocycles. The van der Waals surface area contributed by atoms with Gasteiger partial charge in [0.05, 0.1) is 28.9 Å². The number of fused-ring (bicyclic) bond motifs is 2. The molecular weight excluding hydrogens is 566 g/mol. The van der Waals surface area contributed by atoms with Gasteiger partial charge in [-0.05, 0) is 52.3 Å². The highest BCUT2D eigenvalue weighted by Gasteiger charge is 2.21. The van der Waals surface area contributed by atoms with Gasteiger partial charge in [0.25, 0.3) is 11.4 Å². The lowest BCUT2D eigenvalue weighted by Gasteiger charge is -2.10. The van der Waals surface area contributed by atoms with Gasteiger partial charge in [-0.25, -0.2) is 0 Å². The third-order valence-corrected chi connectivity index (χ3v) is 8.59. The number of nitro groups is 2. The molecule has 0 saturated heterocycles. The molecule has 9 nitrogen and oxygen atoms in total. The molecule has 0 aliphatic heterocycles. The van der Waals surface area contributed by atoms with E-state index < -0.39 is 9.85 Å². The first kappa shape index (κ1) is 27.8. The number of hydrogen-bond donors (Lipinski definition) is 0. The molecule has 214 valence electrons. The minimum Gasteiger partial charge on any atom is -0.466 e. The highest BCUT2D eigenvalue weighted by molar-refractivity contribution is 7.22. The van der Waals surface area contributed by atoms with Gasteiger partial charge < -0.3 is 9.30 Å². The molecule has 0 radical (unpaired) electrons. The van der Waals surface area contributed by atoms with Gasteiger partial charge in [-0.3, -0.25) is 25.0 Å². The second-order valence-corrected chi connectivity index (χ2v) is 11.1. The van der Waals surface area contributed by atoms with Crippen LogP contribution >= 0.6 is 11.3 Å². The highest BCUT2D eigenvalue weighted by Crippen LogP contribution is 2.40. The maximum Gasteiger partial charge on any atom is 0.310 e. The second kappa shape index (κ2) is 11.5. The van der Waals surface area contributed by atoms with Gasteiger partial charge >= 0.3 is 5.97 Å². The Morgan fingerprint density at radius 1 is 0.814 bits per heavy atom. The van der Waals surface area contributed by atoms with E-state index in [1.807, 2.05) is 48.7 Å². The number of aromatic nitrogens is 1. The van der Waals surface area contributed by atoms with Crippen LogP contribution in [0.5, 0.6) is 0 Å². The average molecular weight is 592 g/mol. The van der Waals surface area contributed by atoms with Crippen LogP contribution in [0.4, 0.5) is 11.4 Å². The van der Waals surface area contributed by atoms with Crippen molar-refractivity contribution in [3.8, 4) is 21.6 Å². The number of non-ortho nitro benzene ring substituents is 2. The molecule has 0 amide bonds. The number of carbonyl (C=O) groups is 1. The van der Waals surface area contributed by atoms with Crippen molar-refractivity contribution in [2.45, 2.75) is 19.9 Å². The first-order valence-electron chi connectivity index (χ1n) is 13.6. The summed E-state index contributed by atoms with van der Waals surface area (Å²) < 4.78 is 8.46. The van der Waals surface area contributed by atoms with E-state index in [0.717, 1.165) is 48.6 Å². The normalized spacial score (nSPS) is 11.2. The van der Waals surface area contributed by atoms with Crippen molar-refractivity contribution in [3.05, 3.63) is 129 Å². The smallest absolute Gasteiger partial charge is 0.310 e. The lowest BCUT2D eigenvalue weighted by molar-refractivity contribution is -0.394. The third kappa shape index (κ3) is 5.47. The van der Waals surface area contributed by atoms with Gasteiger partial charge in [-0.15, -0.1) is 11.3 Å². The summed E-state index contributed by atoms with van der Waals surface area (Å²) in [7, 11) is 0. The zero-order valence-corrected chi connectivity index (χ0v) is 23.9. The molecular formula is C33H25N3O6S. The van der Waals surface area contributed by atoms with Crippen LogP contribution in [0.25, 0.3) is 42.6 Å². The lowest BCUT2D eigenvalue weighted by atomic mass is 10.0. The molecule has 0 spiro atoms. The van der Waals surface area contributed by atoms with Crippen molar-refractivity contribution in [2.75, 3.05) is 6.61 Å². The van der Waals surface area contributed by atoms with Crippen LogP contribution in [0, 0.1) is 20.2 Å². The fraction of sp³-hybridized carbons (Fsp3) is 0.121. The first-order valence-corrected chi connectivity index (χ1v) is 14.4. The summed E-state index contributed by atoms with van der Waals surface area (Å²) in [5.74, 6) is -0.342. The van der Waals surface area contributed by atoms with E-state index in [-0.39, 0.29) is 30.4 Å². The van der Waals surface area contributed by atoms with E-state index in [1.54, 1.807) is 24.3 Å². The monoisotopic (exact) mass is 591 g/mol. The molecule has 0 aliphatic carbocycles. The maximum atomic E-state index is 12.5. The summed E-state index contributed by atoms with van der Waals surface area (Å²) >= 11 is 1.72. The second-order valence-electron chi connectivity index (χ2n) is 10.0. The minimum absolute atomic E-state index is 0.0783. The SMILES string of the molecule is CCOC(=O)Cc1cn(Cc2c(-c3ccccc3)sc3ccccc23)c2cc(-c3cc([N+](=O)[O-])cc([N+](=O)[O-])c3)ccc12. The number of carbonyl (C=O) groups excluding carboxylic acids is 1. The molecule has 0 atom stereocenters. The topological polar surface area (TPSA) is 118 Å². The van der Waals surface area contributed by atoms with Gasteiger partial charge in [-0.1, -0.05) is 60.7 Å². The van der Waals surface area contributed by atoms with Gasteiger partial charge in [0.15, 0.2) is 0 Å². The molecule has 2 heterocycles. The zero-order chi connectivity index (χ0) is 30.1. The first-order chi connectivity index (χ1) is 20.8. The fourth-order valence-corrected chi connectivity index (χ4v) is 6.63. The van der Waals surface area contributed by atoms with Crippen molar-refractivity contribution < 1.29 is 19.4 Å². The fourth-order valence-electron chi connectivity index (χ4n) is 5.41. The van der Waals surface area contributed by atoms with Crippen LogP contribution in [-0.2, 0) is 22.5 Å². The molecule has 6 rings (SSSR count). The van der Waals surface area contributed by atoms with Crippen molar-refractivity contribution in [3.63, 3.8) is 0 Å². The molecule has 0 bridgehead atoms. The Morgan fingerprint density at radius 2 is 1.51 bits per heavy atom. The number of nitrogens with zero attached hydrogens (tertiary/aromatic N) is 3. The average Bonchev–Trinajstić information content (AvgIpc) is 3.55. The van der Waals surface area contributed by atoms with Crippen molar-refractivity contribution in [1.29, 1.82) is 0 Å². The number of ether oxygens (including phenoxy) is 1. The summed E-state index contributed by atoms with van der Waals surface area (Å²) in [5, 5.41) is 25.1. The Kier molecular flexibility index (Phi) is 7.43. The summed E-state index contributed by atoms with van der Waals surface area (Å²) in [6, 6.07) is 27.5. The Hall–Kier alpha value is -5.35. The van der Waals surface area contributed by atoms with E-state index in [2.05, 4.69) is 28.8 Å². The van der Waals surface area contributed by atoms with Crippen LogP contribution in [0.15, 0.2) is 97.2 Å². The van der Waals surface area contributed by atoms with E-state index in [9.17, 15) is 25.0 Å². The largest absolute Gasteiger partial charge is 0.466 e. The summed E-state index contributed by atoms with van der Waals surface area (Å²) in [5.41, 5.74) is 4.02. The van der Waals surface area contributed by atoms with Gasteiger partial charge in [0.1, 0.15) is 0 Å². The molecule has 0 unspecified atom stereocenters. The van der Waals surface area contributed by atoms with E-state index >= 15 is 0 Å². The molecule has 6 aromatic rings. The van der Waals surface area contributed by atoms with Crippen molar-refractivity contribution in [2.24, 2.45) is 0 Å². The van der Waals surface area contributed by atoms with Crippen molar-refractivity contribution in [1.82, 2.24) is 4.57 Å². The summed E-state index contributed by atoms with van der Waals surface area (Å²) in [6.07, 6.45) is 2.03. The number of hydrogen-bond acceptors (Lipinski definition) is 7. The van der Waals surface area contributed by atoms with Crippen LogP contribution < -0.4 is 0 Å². The highest BCUT2D eigenvalue weighted by atomic mass is 32.1. The van der Waals surface area contributed by atoms with Gasteiger partial charge in [0.2, 0.25) is 0 Å². The van der Waals surface area contributed by atoms with E-state index in [4.69, 9.17) is 4.74 Å². The summed E-state index contributed by atoms with van der Waals surface area (Å²) in [6.45, 7) is 2.53. The van der Waals surface area contributed by atoms with E-state index in [0.29, 0.717) is 17.7 Å². The molecule has 10 heteroatoms. The number of esters is 1. The van der Waals surface area contributed by atoms with Crippen molar-refractivity contribution >= 4 is 49.7 Å². The molecule has 2 aromatic heterocycles. The van der Waals surface area contributed by atoms with Gasteiger partial charge in [0, 0.05) is 45.4 Å². The predicted octanol–water partition coefficient (Wildman–Crippen LogP) is 8.16. The molecule has 4 aromatic carbocycles. The van der Waals surface area contributed by atoms with Crippen LogP contribution in [-0.4, -0.2) is 27.0 Å². The summed E-state index contributed by atoms with van der Waals surface area (Å²) in [4.78, 5) is 35.5. The van der Waals surface area contributed by atoms with Crippen LogP contribution in [0.1, 0.15) is 18.1 Å². The number of thiophene rings is 1. The number of nitro benzene ring substituents is 2. The molecule has 0 N–H and O–H groups in total. The third-order valence-electron chi connectivity index (χ3n) is 7.33. The Balaban J connectivity index is 1.53. The lowest BCUT2D eigenvalue weighted by Crippen LogP contribution is -2.07. The maximum absolute atomic E-state index is 12.5. The molecule has 43 heavy (non-hydrogen) atoms. The van der Waals surface area contributed by atoms with Crippen LogP contribution in [0.2, 0.25) is 0 Å². The van der Waals surface area contributed by atoms with Crippen LogP contribution in [0.3, 0.4) is 0 Å². The zero-order valence-electron chi connectivity index (χ0n) is 23.1. The molecule has 0 aliphatic rings. The number of benzene rings is 4. The number of rotatable bonds is 9. The van der Waals surface area contributed by atoms with E-state index in [1.165, 1.54) is 12.1 Å². The standard InChI is InChI=1S/C33H25N3O6S/c1-2-42-32(37)17-24-19-34(20-29-28-10-6-7-11-31(28)43-33(29)21-8-4-3-5-9-21)30-16-22(12-13-27(24)30)23-14-25(35(38)39)18-26(15-23)36(40)41/h3-16,18-19H,2,17,20H2,1H3. The quantitative estimate of drug-likeness (QED) is 0.0951. The Bertz CT molecular complexity index is 2000. The van der Waals surface area contributed by atoms with Gasteiger partial charge in [-0.2, -0.15) is 0 Å².